The monoisotopic (exact) mass is 306 g/mol. The van der Waals surface area contributed by atoms with Gasteiger partial charge in [-0.3, -0.25) is 9.48 Å². The number of benzene rings is 1. The summed E-state index contributed by atoms with van der Waals surface area (Å²) in [6.45, 7) is 4.17. The molecular weight excluding hydrogens is 288 g/mol. The highest BCUT2D eigenvalue weighted by molar-refractivity contribution is 7.90. The highest BCUT2D eigenvalue weighted by Crippen LogP contribution is 2.25. The molecule has 112 valence electrons. The summed E-state index contributed by atoms with van der Waals surface area (Å²) in [4.78, 5) is 11.2. The maximum Gasteiger partial charge on any atom is 0.153 e. The van der Waals surface area contributed by atoms with Crippen molar-refractivity contribution < 1.29 is 13.2 Å². The Hall–Kier alpha value is -1.95. The third-order valence-electron chi connectivity index (χ3n) is 3.26. The second kappa shape index (κ2) is 5.81. The van der Waals surface area contributed by atoms with E-state index in [0.29, 0.717) is 11.3 Å². The van der Waals surface area contributed by atoms with E-state index in [4.69, 9.17) is 0 Å². The molecule has 6 heteroatoms. The molecule has 21 heavy (non-hydrogen) atoms. The highest BCUT2D eigenvalue weighted by Gasteiger charge is 2.14. The first-order valence-corrected chi connectivity index (χ1v) is 8.64. The number of aryl methyl sites for hydroxylation is 3. The van der Waals surface area contributed by atoms with E-state index in [1.54, 1.807) is 6.20 Å². The van der Waals surface area contributed by atoms with E-state index in [2.05, 4.69) is 5.10 Å². The van der Waals surface area contributed by atoms with Gasteiger partial charge < -0.3 is 0 Å². The molecule has 0 unspecified atom stereocenters. The number of sulfone groups is 1. The minimum atomic E-state index is -3.06. The number of aromatic nitrogens is 2. The van der Waals surface area contributed by atoms with Crippen molar-refractivity contribution >= 4 is 16.1 Å². The molecule has 2 rings (SSSR count). The molecule has 1 heterocycles. The number of nitrogens with zero attached hydrogens (tertiary/aromatic N) is 2. The Labute approximate surface area is 124 Å². The zero-order chi connectivity index (χ0) is 15.6. The van der Waals surface area contributed by atoms with Crippen molar-refractivity contribution in [1.82, 2.24) is 9.78 Å². The summed E-state index contributed by atoms with van der Waals surface area (Å²) >= 11 is 0. The summed E-state index contributed by atoms with van der Waals surface area (Å²) in [6, 6.07) is 5.96. The Balaban J connectivity index is 2.42. The van der Waals surface area contributed by atoms with Gasteiger partial charge in [-0.2, -0.15) is 5.10 Å². The molecule has 0 aliphatic carbocycles. The van der Waals surface area contributed by atoms with E-state index in [0.717, 1.165) is 23.0 Å². The Kier molecular flexibility index (Phi) is 4.27. The van der Waals surface area contributed by atoms with Crippen molar-refractivity contribution in [1.29, 1.82) is 0 Å². The number of carbonyl (C=O) groups is 1. The van der Waals surface area contributed by atoms with Gasteiger partial charge in [0.05, 0.1) is 17.9 Å². The summed E-state index contributed by atoms with van der Waals surface area (Å²) in [5, 5.41) is 4.38. The summed E-state index contributed by atoms with van der Waals surface area (Å²) in [7, 11) is -3.06. The van der Waals surface area contributed by atoms with E-state index in [1.165, 1.54) is 10.9 Å². The van der Waals surface area contributed by atoms with Gasteiger partial charge in [-0.15, -0.1) is 0 Å². The normalized spacial score (nSPS) is 11.6. The Morgan fingerprint density at radius 3 is 2.62 bits per heavy atom. The van der Waals surface area contributed by atoms with Crippen LogP contribution in [0.15, 0.2) is 24.4 Å². The first-order chi connectivity index (χ1) is 9.80. The van der Waals surface area contributed by atoms with Crippen molar-refractivity contribution in [3.8, 4) is 11.3 Å². The van der Waals surface area contributed by atoms with Crippen LogP contribution in [0.25, 0.3) is 11.3 Å². The molecule has 0 atom stereocenters. The van der Waals surface area contributed by atoms with Gasteiger partial charge in [-0.05, 0) is 25.5 Å². The second-order valence-electron chi connectivity index (χ2n) is 5.26. The average molecular weight is 306 g/mol. The largest absolute Gasteiger partial charge is 0.298 e. The van der Waals surface area contributed by atoms with E-state index < -0.39 is 9.84 Å². The van der Waals surface area contributed by atoms with Crippen molar-refractivity contribution in [2.75, 3.05) is 12.0 Å². The predicted octanol–water partition coefficient (Wildman–Crippen LogP) is 2.02. The molecule has 0 N–H and O–H groups in total. The summed E-state index contributed by atoms with van der Waals surface area (Å²) in [5.41, 5.74) is 4.07. The third-order valence-corrected chi connectivity index (χ3v) is 4.18. The first kappa shape index (κ1) is 15.4. The molecule has 1 aromatic carbocycles. The lowest BCUT2D eigenvalue weighted by molar-refractivity contribution is 0.112. The molecule has 0 saturated carbocycles. The van der Waals surface area contributed by atoms with Gasteiger partial charge in [0.15, 0.2) is 6.29 Å². The van der Waals surface area contributed by atoms with Crippen LogP contribution >= 0.6 is 0 Å². The Morgan fingerprint density at radius 2 is 2.00 bits per heavy atom. The summed E-state index contributed by atoms with van der Waals surface area (Å²) in [5.74, 6) is -0.000777. The van der Waals surface area contributed by atoms with Crippen LogP contribution in [0.5, 0.6) is 0 Å². The molecule has 0 aliphatic heterocycles. The van der Waals surface area contributed by atoms with Crippen LogP contribution in [0.3, 0.4) is 0 Å². The van der Waals surface area contributed by atoms with Crippen LogP contribution in [-0.4, -0.2) is 36.5 Å². The zero-order valence-electron chi connectivity index (χ0n) is 12.3. The average Bonchev–Trinajstić information content (AvgIpc) is 2.81. The number of hydrogen-bond donors (Lipinski definition) is 0. The number of carbonyl (C=O) groups excluding carboxylic acids is 1. The smallest absolute Gasteiger partial charge is 0.153 e. The van der Waals surface area contributed by atoms with Crippen LogP contribution in [0.4, 0.5) is 0 Å². The van der Waals surface area contributed by atoms with Crippen LogP contribution in [0, 0.1) is 13.8 Å². The van der Waals surface area contributed by atoms with Crippen LogP contribution in [0.2, 0.25) is 0 Å². The minimum Gasteiger partial charge on any atom is -0.298 e. The number of aldehydes is 1. The highest BCUT2D eigenvalue weighted by atomic mass is 32.2. The maximum atomic E-state index is 11.2. The lowest BCUT2D eigenvalue weighted by atomic mass is 10.0. The molecule has 2 aromatic rings. The van der Waals surface area contributed by atoms with Crippen molar-refractivity contribution in [3.05, 3.63) is 41.1 Å². The fourth-order valence-corrected chi connectivity index (χ4v) is 2.62. The van der Waals surface area contributed by atoms with E-state index >= 15 is 0 Å². The SMILES string of the molecule is Cc1ccc(C)c(-c2nn(CCS(C)(=O)=O)cc2C=O)c1. The molecular formula is C15H18N2O3S. The molecule has 0 fully saturated rings. The van der Waals surface area contributed by atoms with Crippen LogP contribution in [-0.2, 0) is 16.4 Å². The molecule has 0 radical (unpaired) electrons. The Morgan fingerprint density at radius 1 is 1.29 bits per heavy atom. The predicted molar refractivity (Wildman–Crippen MR) is 82.2 cm³/mol. The molecule has 0 spiro atoms. The minimum absolute atomic E-state index is 0.000777. The molecule has 0 bridgehead atoms. The molecule has 0 aliphatic rings. The van der Waals surface area contributed by atoms with Crippen LogP contribution in [0.1, 0.15) is 21.5 Å². The van der Waals surface area contributed by atoms with Gasteiger partial charge in [0.1, 0.15) is 15.5 Å². The topological polar surface area (TPSA) is 69.0 Å². The summed E-state index contributed by atoms with van der Waals surface area (Å²) in [6.07, 6.45) is 3.53. The molecule has 5 nitrogen and oxygen atoms in total. The van der Waals surface area contributed by atoms with Crippen molar-refractivity contribution in [3.63, 3.8) is 0 Å². The van der Waals surface area contributed by atoms with Gasteiger partial charge in [0, 0.05) is 18.0 Å². The fourth-order valence-electron chi connectivity index (χ4n) is 2.10. The van der Waals surface area contributed by atoms with Crippen molar-refractivity contribution in [2.24, 2.45) is 0 Å². The van der Waals surface area contributed by atoms with Crippen LogP contribution < -0.4 is 0 Å². The lowest BCUT2D eigenvalue weighted by Gasteiger charge is -2.05. The third kappa shape index (κ3) is 3.78. The maximum absolute atomic E-state index is 11.2. The van der Waals surface area contributed by atoms with E-state index in [9.17, 15) is 13.2 Å². The number of hydrogen-bond acceptors (Lipinski definition) is 4. The molecule has 0 saturated heterocycles. The standard InChI is InChI=1S/C15H18N2O3S/c1-11-4-5-12(2)14(8-11)15-13(10-18)9-17(16-15)6-7-21(3,19)20/h4-5,8-10H,6-7H2,1-3H3. The Bertz CT molecular complexity index is 776. The van der Waals surface area contributed by atoms with Gasteiger partial charge in [0.2, 0.25) is 0 Å². The first-order valence-electron chi connectivity index (χ1n) is 6.58. The lowest BCUT2D eigenvalue weighted by Crippen LogP contribution is -2.11. The van der Waals surface area contributed by atoms with Gasteiger partial charge in [0.25, 0.3) is 0 Å². The van der Waals surface area contributed by atoms with E-state index in [1.807, 2.05) is 32.0 Å². The second-order valence-corrected chi connectivity index (χ2v) is 7.52. The van der Waals surface area contributed by atoms with Gasteiger partial charge in [-0.1, -0.05) is 17.7 Å². The van der Waals surface area contributed by atoms with Gasteiger partial charge in [-0.25, -0.2) is 8.42 Å². The molecule has 0 amide bonds. The molecule has 1 aromatic heterocycles. The zero-order valence-corrected chi connectivity index (χ0v) is 13.1. The fraction of sp³-hybridized carbons (Fsp3) is 0.333. The van der Waals surface area contributed by atoms with Gasteiger partial charge >= 0.3 is 0 Å². The number of rotatable bonds is 5. The van der Waals surface area contributed by atoms with Crippen molar-refractivity contribution in [2.45, 2.75) is 20.4 Å². The quantitative estimate of drug-likeness (QED) is 0.793. The summed E-state index contributed by atoms with van der Waals surface area (Å²) < 4.78 is 24.0. The van der Waals surface area contributed by atoms with E-state index in [-0.39, 0.29) is 12.3 Å².